The first kappa shape index (κ1) is 14.6. The number of piperidine rings is 1. The number of hydrogen-bond acceptors (Lipinski definition) is 4. The molecule has 1 aromatic heterocycles. The van der Waals surface area contributed by atoms with Gasteiger partial charge in [0.1, 0.15) is 6.10 Å². The molecule has 1 aliphatic rings. The summed E-state index contributed by atoms with van der Waals surface area (Å²) in [6.07, 6.45) is 3.37. The van der Waals surface area contributed by atoms with Gasteiger partial charge in [-0.15, -0.1) is 0 Å². The van der Waals surface area contributed by atoms with Crippen LogP contribution >= 0.6 is 0 Å². The lowest BCUT2D eigenvalue weighted by atomic mass is 10.1. The molecule has 0 atom stereocenters. The second-order valence-electron chi connectivity index (χ2n) is 5.34. The molecule has 2 amide bonds. The molecule has 1 N–H and O–H groups in total. The Kier molecular flexibility index (Phi) is 4.37. The Balaban J connectivity index is 1.58. The van der Waals surface area contributed by atoms with E-state index in [1.807, 2.05) is 36.1 Å². The molecule has 2 aromatic rings. The van der Waals surface area contributed by atoms with Crippen LogP contribution in [-0.2, 0) is 0 Å². The third-order valence-electron chi connectivity index (χ3n) is 3.77. The Hall–Kier alpha value is -2.37. The van der Waals surface area contributed by atoms with Gasteiger partial charge in [-0.2, -0.15) is 0 Å². The van der Waals surface area contributed by atoms with Crippen LogP contribution in [0.15, 0.2) is 30.5 Å². The lowest BCUT2D eigenvalue weighted by Crippen LogP contribution is -2.46. The summed E-state index contributed by atoms with van der Waals surface area (Å²) in [6.45, 7) is 3.99. The van der Waals surface area contributed by atoms with Crippen molar-refractivity contribution in [2.24, 2.45) is 0 Å². The molecular weight excluding hydrogens is 280 g/mol. The number of carbonyl (C=O) groups is 1. The van der Waals surface area contributed by atoms with Gasteiger partial charge in [-0.25, -0.2) is 14.8 Å². The van der Waals surface area contributed by atoms with Crippen LogP contribution in [0.4, 0.5) is 4.79 Å². The van der Waals surface area contributed by atoms with Crippen molar-refractivity contribution in [1.82, 2.24) is 20.2 Å². The molecule has 1 aromatic carbocycles. The summed E-state index contributed by atoms with van der Waals surface area (Å²) >= 11 is 0. The highest BCUT2D eigenvalue weighted by molar-refractivity contribution is 5.74. The number of ether oxygens (including phenoxy) is 1. The van der Waals surface area contributed by atoms with Gasteiger partial charge in [-0.1, -0.05) is 12.1 Å². The van der Waals surface area contributed by atoms with E-state index in [1.165, 1.54) is 0 Å². The summed E-state index contributed by atoms with van der Waals surface area (Å²) < 4.78 is 5.92. The van der Waals surface area contributed by atoms with Gasteiger partial charge in [0.2, 0.25) is 5.88 Å². The predicted molar refractivity (Wildman–Crippen MR) is 83.8 cm³/mol. The molecule has 1 fully saturated rings. The summed E-state index contributed by atoms with van der Waals surface area (Å²) in [4.78, 5) is 22.4. The second kappa shape index (κ2) is 6.60. The molecule has 0 spiro atoms. The van der Waals surface area contributed by atoms with E-state index in [0.717, 1.165) is 23.9 Å². The van der Waals surface area contributed by atoms with Crippen LogP contribution in [0.5, 0.6) is 5.88 Å². The zero-order valence-corrected chi connectivity index (χ0v) is 12.7. The Labute approximate surface area is 129 Å². The smallest absolute Gasteiger partial charge is 0.317 e. The number of hydrogen-bond donors (Lipinski definition) is 1. The van der Waals surface area contributed by atoms with E-state index in [-0.39, 0.29) is 12.1 Å². The average Bonchev–Trinajstić information content (AvgIpc) is 2.56. The molecule has 22 heavy (non-hydrogen) atoms. The molecule has 6 heteroatoms. The van der Waals surface area contributed by atoms with E-state index in [0.29, 0.717) is 25.5 Å². The zero-order valence-electron chi connectivity index (χ0n) is 12.7. The first-order valence-electron chi connectivity index (χ1n) is 7.67. The lowest BCUT2D eigenvalue weighted by Gasteiger charge is -2.31. The van der Waals surface area contributed by atoms with Gasteiger partial charge in [-0.05, 0) is 19.1 Å². The van der Waals surface area contributed by atoms with Gasteiger partial charge in [0.05, 0.1) is 17.2 Å². The largest absolute Gasteiger partial charge is 0.473 e. The zero-order chi connectivity index (χ0) is 15.4. The summed E-state index contributed by atoms with van der Waals surface area (Å²) in [5, 5.41) is 2.82. The fourth-order valence-electron chi connectivity index (χ4n) is 2.61. The van der Waals surface area contributed by atoms with E-state index in [2.05, 4.69) is 15.3 Å². The van der Waals surface area contributed by atoms with E-state index in [4.69, 9.17) is 4.74 Å². The highest BCUT2D eigenvalue weighted by atomic mass is 16.5. The number of nitrogens with one attached hydrogen (secondary N) is 1. The first-order valence-corrected chi connectivity index (χ1v) is 7.67. The van der Waals surface area contributed by atoms with Crippen LogP contribution in [0.1, 0.15) is 19.8 Å². The predicted octanol–water partition coefficient (Wildman–Crippen LogP) is 2.20. The van der Waals surface area contributed by atoms with Crippen molar-refractivity contribution in [2.45, 2.75) is 25.9 Å². The lowest BCUT2D eigenvalue weighted by molar-refractivity contribution is 0.107. The van der Waals surface area contributed by atoms with Gasteiger partial charge in [0.15, 0.2) is 0 Å². The van der Waals surface area contributed by atoms with Crippen molar-refractivity contribution in [2.75, 3.05) is 19.6 Å². The number of carbonyl (C=O) groups excluding carboxylic acids is 1. The van der Waals surface area contributed by atoms with Crippen LogP contribution < -0.4 is 10.1 Å². The number of nitrogens with zero attached hydrogens (tertiary/aromatic N) is 3. The SMILES string of the molecule is CCNC(=O)N1CCC(Oc2cnc3ccccc3n2)CC1. The normalized spacial score (nSPS) is 15.8. The Bertz CT molecular complexity index is 653. The molecule has 2 heterocycles. The number of fused-ring (bicyclic) bond motifs is 1. The van der Waals surface area contributed by atoms with Crippen molar-refractivity contribution in [3.8, 4) is 5.88 Å². The van der Waals surface area contributed by atoms with Crippen molar-refractivity contribution in [3.63, 3.8) is 0 Å². The summed E-state index contributed by atoms with van der Waals surface area (Å²) in [7, 11) is 0. The maximum absolute atomic E-state index is 11.8. The van der Waals surface area contributed by atoms with Crippen molar-refractivity contribution < 1.29 is 9.53 Å². The Morgan fingerprint density at radius 1 is 1.32 bits per heavy atom. The molecule has 116 valence electrons. The van der Waals surface area contributed by atoms with E-state index >= 15 is 0 Å². The molecule has 0 aliphatic carbocycles. The molecule has 1 saturated heterocycles. The maximum Gasteiger partial charge on any atom is 0.317 e. The molecule has 0 radical (unpaired) electrons. The number of aromatic nitrogens is 2. The van der Waals surface area contributed by atoms with Gasteiger partial charge in [0.25, 0.3) is 0 Å². The minimum atomic E-state index is 0.00597. The van der Waals surface area contributed by atoms with E-state index in [9.17, 15) is 4.79 Å². The van der Waals surface area contributed by atoms with Gasteiger partial charge >= 0.3 is 6.03 Å². The average molecular weight is 300 g/mol. The van der Waals surface area contributed by atoms with E-state index < -0.39 is 0 Å². The fourth-order valence-corrected chi connectivity index (χ4v) is 2.61. The molecule has 1 aliphatic heterocycles. The van der Waals surface area contributed by atoms with Crippen molar-refractivity contribution in [1.29, 1.82) is 0 Å². The standard InChI is InChI=1S/C16H20N4O2/c1-2-17-16(21)20-9-7-12(8-10-20)22-15-11-18-13-5-3-4-6-14(13)19-15/h3-6,11-12H,2,7-10H2,1H3,(H,17,21). The number of benzene rings is 1. The highest BCUT2D eigenvalue weighted by Crippen LogP contribution is 2.19. The second-order valence-corrected chi connectivity index (χ2v) is 5.34. The molecule has 0 bridgehead atoms. The number of rotatable bonds is 3. The van der Waals surface area contributed by atoms with Gasteiger partial charge in [-0.3, -0.25) is 0 Å². The monoisotopic (exact) mass is 300 g/mol. The molecular formula is C16H20N4O2. The summed E-state index contributed by atoms with van der Waals surface area (Å²) in [6, 6.07) is 7.73. The van der Waals surface area contributed by atoms with Crippen LogP contribution in [0.25, 0.3) is 11.0 Å². The highest BCUT2D eigenvalue weighted by Gasteiger charge is 2.23. The van der Waals surface area contributed by atoms with E-state index in [1.54, 1.807) is 6.20 Å². The van der Waals surface area contributed by atoms with Gasteiger partial charge in [0, 0.05) is 32.5 Å². The van der Waals surface area contributed by atoms with Crippen molar-refractivity contribution >= 4 is 17.1 Å². The molecule has 3 rings (SSSR count). The minimum Gasteiger partial charge on any atom is -0.473 e. The Morgan fingerprint density at radius 2 is 2.05 bits per heavy atom. The minimum absolute atomic E-state index is 0.00597. The van der Waals surface area contributed by atoms with Gasteiger partial charge < -0.3 is 15.0 Å². The molecule has 0 unspecified atom stereocenters. The first-order chi connectivity index (χ1) is 10.8. The van der Waals surface area contributed by atoms with Crippen LogP contribution in [0.3, 0.4) is 0 Å². The number of urea groups is 1. The Morgan fingerprint density at radius 3 is 2.77 bits per heavy atom. The molecule has 0 saturated carbocycles. The topological polar surface area (TPSA) is 67.4 Å². The van der Waals surface area contributed by atoms with Crippen LogP contribution in [0, 0.1) is 0 Å². The quantitative estimate of drug-likeness (QED) is 0.943. The third-order valence-corrected chi connectivity index (χ3v) is 3.77. The van der Waals surface area contributed by atoms with Crippen LogP contribution in [-0.4, -0.2) is 46.6 Å². The maximum atomic E-state index is 11.8. The fraction of sp³-hybridized carbons (Fsp3) is 0.438. The number of amides is 2. The molecule has 6 nitrogen and oxygen atoms in total. The summed E-state index contributed by atoms with van der Waals surface area (Å²) in [5.41, 5.74) is 1.70. The van der Waals surface area contributed by atoms with Crippen molar-refractivity contribution in [3.05, 3.63) is 30.5 Å². The number of para-hydroxylation sites is 2. The van der Waals surface area contributed by atoms with Crippen LogP contribution in [0.2, 0.25) is 0 Å². The number of likely N-dealkylation sites (tertiary alicyclic amines) is 1. The summed E-state index contributed by atoms with van der Waals surface area (Å²) in [5.74, 6) is 0.551. The third kappa shape index (κ3) is 3.27.